The van der Waals surface area contributed by atoms with E-state index in [2.05, 4.69) is 30.3 Å². The number of hydrogen-bond donors (Lipinski definition) is 3. The minimum absolute atomic E-state index is 0.107. The summed E-state index contributed by atoms with van der Waals surface area (Å²) in [5, 5.41) is 20.7. The van der Waals surface area contributed by atoms with E-state index < -0.39 is 26.5 Å². The Hall–Kier alpha value is -4.57. The lowest BCUT2D eigenvalue weighted by Crippen LogP contribution is -2.26. The quantitative estimate of drug-likeness (QED) is 0.202. The lowest BCUT2D eigenvalue weighted by Gasteiger charge is -2.08. The molecule has 0 bridgehead atoms. The molecule has 0 atom stereocenters. The van der Waals surface area contributed by atoms with Crippen LogP contribution in [0.3, 0.4) is 0 Å². The SMILES string of the molecule is Oc1cc(F)cc(-c2cccc3[nH]c(-c4n[nH]c5c4=CC(c4cncc(OCc6ccccc6)c4)=IC=5)cc23)c1. The van der Waals surface area contributed by atoms with Crippen LogP contribution in [0.2, 0.25) is 0 Å². The summed E-state index contributed by atoms with van der Waals surface area (Å²) >= 11 is -0.405. The fourth-order valence-corrected chi connectivity index (χ4v) is 7.12. The van der Waals surface area contributed by atoms with Crippen molar-refractivity contribution in [1.82, 2.24) is 20.2 Å². The largest absolute Gasteiger partial charge is 0.508 e. The number of nitrogens with one attached hydrogen (secondary N) is 2. The maximum absolute atomic E-state index is 14.1. The van der Waals surface area contributed by atoms with Gasteiger partial charge in [-0.25, -0.2) is 4.39 Å². The second-order valence-electron chi connectivity index (χ2n) is 9.44. The molecule has 3 N–H and O–H groups in total. The first-order valence-electron chi connectivity index (χ1n) is 12.6. The van der Waals surface area contributed by atoms with Gasteiger partial charge < -0.3 is 14.8 Å². The number of hydrogen-bond acceptors (Lipinski definition) is 4. The maximum atomic E-state index is 14.1. The molecule has 3 aromatic carbocycles. The van der Waals surface area contributed by atoms with Crippen LogP contribution in [0.25, 0.3) is 43.6 Å². The van der Waals surface area contributed by atoms with Crippen molar-refractivity contribution in [3.05, 3.63) is 119 Å². The molecule has 0 saturated heterocycles. The highest BCUT2D eigenvalue weighted by atomic mass is 127. The fraction of sp³-hybridized carbons (Fsp3) is 0.0312. The van der Waals surface area contributed by atoms with Crippen LogP contribution < -0.4 is 15.3 Å². The Morgan fingerprint density at radius 3 is 2.70 bits per heavy atom. The van der Waals surface area contributed by atoms with E-state index in [-0.39, 0.29) is 5.75 Å². The standard InChI is InChI=1S/C32H22FIN4O2/c33-22-9-20(10-23(39)12-22)25-7-4-8-29-26(25)14-30(36-29)32-27-13-28(34-15-31(27)37-38-32)21-11-24(17-35-16-21)40-18-19-5-2-1-3-6-19/h1-17,36,39H,18H2,(H,37,38). The first-order valence-corrected chi connectivity index (χ1v) is 14.9. The van der Waals surface area contributed by atoms with E-state index in [0.717, 1.165) is 61.4 Å². The number of aromatic nitrogens is 4. The van der Waals surface area contributed by atoms with Gasteiger partial charge in [-0.15, -0.1) is 0 Å². The lowest BCUT2D eigenvalue weighted by molar-refractivity contribution is 0.305. The monoisotopic (exact) mass is 640 g/mol. The molecule has 0 unspecified atom stereocenters. The second-order valence-corrected chi connectivity index (χ2v) is 11.8. The van der Waals surface area contributed by atoms with E-state index in [1.54, 1.807) is 12.3 Å². The highest BCUT2D eigenvalue weighted by Crippen LogP contribution is 2.33. The number of nitrogens with zero attached hydrogens (tertiary/aromatic N) is 2. The normalized spacial score (nSPS) is 12.6. The zero-order chi connectivity index (χ0) is 27.1. The van der Waals surface area contributed by atoms with Crippen LogP contribution in [0.5, 0.6) is 11.5 Å². The molecule has 196 valence electrons. The number of rotatable bonds is 6. The molecule has 7 rings (SSSR count). The predicted molar refractivity (Wildman–Crippen MR) is 164 cm³/mol. The number of phenols is 1. The number of pyridine rings is 1. The number of benzene rings is 3. The smallest absolute Gasteiger partial charge is 0.138 e. The maximum Gasteiger partial charge on any atom is 0.138 e. The Bertz CT molecular complexity index is 2030. The number of aromatic hydroxyl groups is 1. The Morgan fingerprint density at radius 2 is 1.82 bits per heavy atom. The molecule has 0 spiro atoms. The van der Waals surface area contributed by atoms with Crippen LogP contribution in [-0.2, 0) is 6.61 Å². The summed E-state index contributed by atoms with van der Waals surface area (Å²) in [4.78, 5) is 7.92. The average molecular weight is 640 g/mol. The lowest BCUT2D eigenvalue weighted by atomic mass is 10.0. The molecule has 1 aliphatic rings. The zero-order valence-electron chi connectivity index (χ0n) is 21.0. The Kier molecular flexibility index (Phi) is 6.24. The van der Waals surface area contributed by atoms with Gasteiger partial charge in [-0.2, -0.15) is 5.10 Å². The highest BCUT2D eigenvalue weighted by molar-refractivity contribution is 14.2. The molecule has 0 aliphatic carbocycles. The Labute approximate surface area is 238 Å². The molecule has 0 fully saturated rings. The summed E-state index contributed by atoms with van der Waals surface area (Å²) in [5.74, 6) is 0.144. The van der Waals surface area contributed by atoms with Gasteiger partial charge in [0.1, 0.15) is 29.6 Å². The van der Waals surface area contributed by atoms with Gasteiger partial charge in [0, 0.05) is 37.5 Å². The molecular formula is C32H22FIN4O2. The number of fused-ring (bicyclic) bond motifs is 2. The van der Waals surface area contributed by atoms with Crippen LogP contribution in [0.4, 0.5) is 4.39 Å². The number of H-pyrrole nitrogens is 2. The van der Waals surface area contributed by atoms with Crippen LogP contribution in [-0.4, -0.2) is 28.8 Å². The summed E-state index contributed by atoms with van der Waals surface area (Å²) in [6.45, 7) is 0.486. The summed E-state index contributed by atoms with van der Waals surface area (Å²) in [6, 6.07) is 24.1. The van der Waals surface area contributed by atoms with Crippen molar-refractivity contribution in [3.63, 3.8) is 0 Å². The van der Waals surface area contributed by atoms with Gasteiger partial charge in [-0.1, -0.05) is 63.2 Å². The molecule has 0 amide bonds. The molecule has 0 saturated carbocycles. The second kappa shape index (κ2) is 10.2. The van der Waals surface area contributed by atoms with Crippen molar-refractivity contribution in [2.45, 2.75) is 6.61 Å². The average Bonchev–Trinajstić information content (AvgIpc) is 3.60. The molecule has 3 aromatic heterocycles. The van der Waals surface area contributed by atoms with E-state index >= 15 is 0 Å². The topological polar surface area (TPSA) is 86.8 Å². The number of aromatic amines is 2. The third-order valence-electron chi connectivity index (χ3n) is 6.74. The van der Waals surface area contributed by atoms with E-state index in [4.69, 9.17) is 4.74 Å². The van der Waals surface area contributed by atoms with Gasteiger partial charge in [0.15, 0.2) is 0 Å². The van der Waals surface area contributed by atoms with Gasteiger partial charge in [-0.05, 0) is 57.2 Å². The number of phenolic OH excluding ortho intramolecular Hbond substituents is 1. The van der Waals surface area contributed by atoms with Gasteiger partial charge in [0.05, 0.1) is 17.2 Å². The Balaban J connectivity index is 1.23. The molecule has 4 heterocycles. The van der Waals surface area contributed by atoms with Crippen LogP contribution in [0.1, 0.15) is 11.1 Å². The van der Waals surface area contributed by atoms with E-state index in [9.17, 15) is 9.50 Å². The molecular weight excluding hydrogens is 618 g/mol. The molecule has 6 aromatic rings. The summed E-state index contributed by atoms with van der Waals surface area (Å²) in [5.41, 5.74) is 6.14. The molecule has 1 aliphatic heterocycles. The minimum atomic E-state index is -0.482. The molecule has 8 heteroatoms. The van der Waals surface area contributed by atoms with Crippen LogP contribution >= 0.6 is 20.7 Å². The third kappa shape index (κ3) is 4.71. The first-order chi connectivity index (χ1) is 19.6. The summed E-state index contributed by atoms with van der Waals surface area (Å²) < 4.78 is 23.5. The minimum Gasteiger partial charge on any atom is -0.508 e. The third-order valence-corrected chi connectivity index (χ3v) is 9.28. The molecule has 0 radical (unpaired) electrons. The summed E-state index contributed by atoms with van der Waals surface area (Å²) in [6.07, 6.45) is 5.81. The van der Waals surface area contributed by atoms with Gasteiger partial charge >= 0.3 is 0 Å². The Morgan fingerprint density at radius 1 is 0.925 bits per heavy atom. The molecule has 40 heavy (non-hydrogen) atoms. The van der Waals surface area contributed by atoms with Crippen molar-refractivity contribution in [3.8, 4) is 34.0 Å². The highest BCUT2D eigenvalue weighted by Gasteiger charge is 2.15. The fourth-order valence-electron chi connectivity index (χ4n) is 4.85. The van der Waals surface area contributed by atoms with Crippen molar-refractivity contribution in [2.75, 3.05) is 0 Å². The van der Waals surface area contributed by atoms with Crippen molar-refractivity contribution in [2.24, 2.45) is 0 Å². The summed E-state index contributed by atoms with van der Waals surface area (Å²) in [7, 11) is 0. The van der Waals surface area contributed by atoms with Gasteiger partial charge in [0.25, 0.3) is 0 Å². The van der Waals surface area contributed by atoms with Crippen molar-refractivity contribution >= 4 is 45.3 Å². The van der Waals surface area contributed by atoms with Crippen LogP contribution in [0.15, 0.2) is 91.3 Å². The van der Waals surface area contributed by atoms with Gasteiger partial charge in [0.2, 0.25) is 0 Å². The zero-order valence-corrected chi connectivity index (χ0v) is 23.2. The van der Waals surface area contributed by atoms with Crippen molar-refractivity contribution < 1.29 is 14.2 Å². The first kappa shape index (κ1) is 24.5. The van der Waals surface area contributed by atoms with E-state index in [1.165, 1.54) is 9.58 Å². The number of ether oxygens (including phenoxy) is 1. The number of halogens is 2. The van der Waals surface area contributed by atoms with Crippen molar-refractivity contribution in [1.29, 1.82) is 0 Å². The van der Waals surface area contributed by atoms with E-state index in [1.807, 2.05) is 66.9 Å². The predicted octanol–water partition coefficient (Wildman–Crippen LogP) is 5.77. The van der Waals surface area contributed by atoms with Gasteiger partial charge in [-0.3, -0.25) is 10.1 Å². The molecule has 6 nitrogen and oxygen atoms in total. The van der Waals surface area contributed by atoms with Crippen LogP contribution in [0, 0.1) is 5.82 Å². The van der Waals surface area contributed by atoms with E-state index in [0.29, 0.717) is 12.2 Å².